The Morgan fingerprint density at radius 3 is 2.34 bits per heavy atom. The number of methoxy groups -OCH3 is 2. The van der Waals surface area contributed by atoms with Crippen molar-refractivity contribution in [1.82, 2.24) is 0 Å². The highest BCUT2D eigenvalue weighted by molar-refractivity contribution is 5.90. The summed E-state index contributed by atoms with van der Waals surface area (Å²) in [6, 6.07) is 15.6. The van der Waals surface area contributed by atoms with Gasteiger partial charge in [-0.3, -0.25) is 9.59 Å². The zero-order chi connectivity index (χ0) is 27.4. The van der Waals surface area contributed by atoms with E-state index in [0.717, 1.165) is 6.07 Å². The van der Waals surface area contributed by atoms with Gasteiger partial charge in [0.25, 0.3) is 0 Å². The van der Waals surface area contributed by atoms with Gasteiger partial charge in [-0.15, -0.1) is 0 Å². The molecule has 0 amide bonds. The summed E-state index contributed by atoms with van der Waals surface area (Å²) in [7, 11) is 2.58. The van der Waals surface area contributed by atoms with E-state index in [1.165, 1.54) is 32.4 Å². The number of carboxylic acid groups (broad SMARTS) is 1. The van der Waals surface area contributed by atoms with E-state index in [0.29, 0.717) is 11.1 Å². The first kappa shape index (κ1) is 26.1. The van der Waals surface area contributed by atoms with Gasteiger partial charge in [0, 0.05) is 29.2 Å². The molecule has 10 nitrogen and oxygen atoms in total. The van der Waals surface area contributed by atoms with Crippen LogP contribution >= 0.6 is 0 Å². The summed E-state index contributed by atoms with van der Waals surface area (Å²) in [5.74, 6) is -3.11. The van der Waals surface area contributed by atoms with E-state index >= 15 is 0 Å². The number of carboxylic acids is 1. The quantitative estimate of drug-likeness (QED) is 0.276. The SMILES string of the molecule is COC(=O)C[C@@H](c1ccc(OCC(=O)O)c(OC)c1)c1c(O)cc(O)c2c(=O)cc(-c3ccccc3)oc12. The van der Waals surface area contributed by atoms with Crippen molar-refractivity contribution in [3.63, 3.8) is 0 Å². The highest BCUT2D eigenvalue weighted by Crippen LogP contribution is 2.44. The predicted molar refractivity (Wildman–Crippen MR) is 136 cm³/mol. The summed E-state index contributed by atoms with van der Waals surface area (Å²) >= 11 is 0. The molecule has 0 radical (unpaired) electrons. The molecule has 0 aliphatic rings. The molecule has 1 aromatic heterocycles. The van der Waals surface area contributed by atoms with Gasteiger partial charge >= 0.3 is 11.9 Å². The van der Waals surface area contributed by atoms with Crippen LogP contribution in [0.25, 0.3) is 22.3 Å². The molecule has 4 aromatic rings. The third-order valence-corrected chi connectivity index (χ3v) is 5.94. The van der Waals surface area contributed by atoms with E-state index in [2.05, 4.69) is 0 Å². The number of esters is 1. The molecule has 0 aliphatic carbocycles. The van der Waals surface area contributed by atoms with Crippen molar-refractivity contribution in [2.24, 2.45) is 0 Å². The Morgan fingerprint density at radius 2 is 1.68 bits per heavy atom. The third-order valence-electron chi connectivity index (χ3n) is 5.94. The van der Waals surface area contributed by atoms with Gasteiger partial charge in [-0.05, 0) is 17.7 Å². The van der Waals surface area contributed by atoms with Crippen molar-refractivity contribution in [1.29, 1.82) is 0 Å². The van der Waals surface area contributed by atoms with Gasteiger partial charge in [-0.25, -0.2) is 4.79 Å². The van der Waals surface area contributed by atoms with Gasteiger partial charge in [0.15, 0.2) is 23.5 Å². The molecule has 0 fully saturated rings. The molecule has 0 aliphatic heterocycles. The van der Waals surface area contributed by atoms with Crippen LogP contribution < -0.4 is 14.9 Å². The van der Waals surface area contributed by atoms with Crippen molar-refractivity contribution >= 4 is 22.9 Å². The minimum atomic E-state index is -1.18. The second kappa shape index (κ2) is 11.0. The molecule has 1 heterocycles. The number of hydrogen-bond acceptors (Lipinski definition) is 9. The van der Waals surface area contributed by atoms with Crippen molar-refractivity contribution in [2.75, 3.05) is 20.8 Å². The maximum absolute atomic E-state index is 13.1. The first-order valence-corrected chi connectivity index (χ1v) is 11.4. The number of aromatic hydroxyl groups is 2. The van der Waals surface area contributed by atoms with E-state index in [1.807, 2.05) is 0 Å². The zero-order valence-corrected chi connectivity index (χ0v) is 20.5. The fraction of sp³-hybridized carbons (Fsp3) is 0.179. The fourth-order valence-corrected chi connectivity index (χ4v) is 4.20. The zero-order valence-electron chi connectivity index (χ0n) is 20.5. The molecule has 10 heteroatoms. The number of aliphatic carboxylic acids is 1. The standard InChI is InChI=1S/C28H24O10/c1-35-23-10-16(8-9-21(23)37-14-24(32)33)17(11-25(34)36-2)26-18(29)12-19(30)27-20(31)13-22(38-28(26)27)15-6-4-3-5-7-15/h3-10,12-13,17,29-30H,11,14H2,1-2H3,(H,32,33)/t17-/m0/s1. The molecule has 4 rings (SSSR count). The minimum absolute atomic E-state index is 0.0688. The Balaban J connectivity index is 1.97. The molecule has 0 unspecified atom stereocenters. The van der Waals surface area contributed by atoms with E-state index < -0.39 is 41.4 Å². The highest BCUT2D eigenvalue weighted by atomic mass is 16.5. The predicted octanol–water partition coefficient (Wildman–Crippen LogP) is 4.04. The van der Waals surface area contributed by atoms with Crippen LogP contribution in [0, 0.1) is 0 Å². The van der Waals surface area contributed by atoms with Gasteiger partial charge in [-0.2, -0.15) is 0 Å². The molecule has 196 valence electrons. The summed E-state index contributed by atoms with van der Waals surface area (Å²) < 4.78 is 21.6. The first-order chi connectivity index (χ1) is 18.2. The second-order valence-corrected chi connectivity index (χ2v) is 8.30. The molecule has 0 saturated carbocycles. The number of phenolic OH excluding ortho intramolecular Hbond substituents is 2. The summed E-state index contributed by atoms with van der Waals surface area (Å²) in [4.78, 5) is 36.5. The Labute approximate surface area is 216 Å². The average molecular weight is 520 g/mol. The number of ether oxygens (including phenoxy) is 3. The molecule has 38 heavy (non-hydrogen) atoms. The van der Waals surface area contributed by atoms with Crippen molar-refractivity contribution in [3.05, 3.63) is 82.0 Å². The van der Waals surface area contributed by atoms with Crippen molar-refractivity contribution < 1.29 is 43.5 Å². The number of carbonyl (C=O) groups excluding carboxylic acids is 1. The summed E-state index contributed by atoms with van der Waals surface area (Å²) in [5, 5.41) is 30.3. The largest absolute Gasteiger partial charge is 0.507 e. The second-order valence-electron chi connectivity index (χ2n) is 8.30. The molecular weight excluding hydrogens is 496 g/mol. The highest BCUT2D eigenvalue weighted by Gasteiger charge is 2.29. The van der Waals surface area contributed by atoms with E-state index in [1.54, 1.807) is 36.4 Å². The third kappa shape index (κ3) is 5.24. The van der Waals surface area contributed by atoms with Crippen LogP contribution in [0.15, 0.2) is 69.9 Å². The molecular formula is C28H24O10. The summed E-state index contributed by atoms with van der Waals surface area (Å²) in [6.45, 7) is -0.599. The van der Waals surface area contributed by atoms with Crippen LogP contribution in [-0.4, -0.2) is 48.1 Å². The lowest BCUT2D eigenvalue weighted by Gasteiger charge is -2.21. The van der Waals surface area contributed by atoms with Crippen LogP contribution in [0.3, 0.4) is 0 Å². The van der Waals surface area contributed by atoms with Gasteiger partial charge < -0.3 is 33.9 Å². The summed E-state index contributed by atoms with van der Waals surface area (Å²) in [5.41, 5.74) is 0.444. The monoisotopic (exact) mass is 520 g/mol. The first-order valence-electron chi connectivity index (χ1n) is 11.4. The van der Waals surface area contributed by atoms with Crippen LogP contribution in [0.2, 0.25) is 0 Å². The number of rotatable bonds is 9. The molecule has 3 aromatic carbocycles. The van der Waals surface area contributed by atoms with Crippen LogP contribution in [0.5, 0.6) is 23.0 Å². The van der Waals surface area contributed by atoms with E-state index in [4.69, 9.17) is 23.7 Å². The van der Waals surface area contributed by atoms with Crippen LogP contribution in [0.1, 0.15) is 23.5 Å². The van der Waals surface area contributed by atoms with Gasteiger partial charge in [-0.1, -0.05) is 36.4 Å². The smallest absolute Gasteiger partial charge is 0.341 e. The fourth-order valence-electron chi connectivity index (χ4n) is 4.20. The average Bonchev–Trinajstić information content (AvgIpc) is 2.90. The van der Waals surface area contributed by atoms with Gasteiger partial charge in [0.1, 0.15) is 28.2 Å². The number of phenols is 2. The van der Waals surface area contributed by atoms with Crippen LogP contribution in [-0.2, 0) is 14.3 Å². The number of benzene rings is 3. The van der Waals surface area contributed by atoms with E-state index in [9.17, 15) is 24.6 Å². The lowest BCUT2D eigenvalue weighted by Crippen LogP contribution is -2.13. The van der Waals surface area contributed by atoms with E-state index in [-0.39, 0.29) is 40.2 Å². The Morgan fingerprint density at radius 1 is 0.947 bits per heavy atom. The molecule has 0 saturated heterocycles. The van der Waals surface area contributed by atoms with Crippen LogP contribution in [0.4, 0.5) is 0 Å². The van der Waals surface area contributed by atoms with Crippen molar-refractivity contribution in [2.45, 2.75) is 12.3 Å². The molecule has 3 N–H and O–H groups in total. The maximum atomic E-state index is 13.1. The van der Waals surface area contributed by atoms with Gasteiger partial charge in [0.05, 0.1) is 20.6 Å². The number of hydrogen-bond donors (Lipinski definition) is 3. The lowest BCUT2D eigenvalue weighted by molar-refractivity contribution is -0.141. The lowest BCUT2D eigenvalue weighted by atomic mass is 9.86. The summed E-state index contributed by atoms with van der Waals surface area (Å²) in [6.07, 6.45) is -0.276. The Hall–Kier alpha value is -4.99. The minimum Gasteiger partial charge on any atom is -0.507 e. The maximum Gasteiger partial charge on any atom is 0.341 e. The Bertz CT molecular complexity index is 1560. The van der Waals surface area contributed by atoms with Crippen molar-refractivity contribution in [3.8, 4) is 34.3 Å². The number of fused-ring (bicyclic) bond motifs is 1. The molecule has 0 spiro atoms. The van der Waals surface area contributed by atoms with Gasteiger partial charge in [0.2, 0.25) is 0 Å². The molecule has 0 bridgehead atoms. The number of carbonyl (C=O) groups is 2. The normalized spacial score (nSPS) is 11.6. The molecule has 1 atom stereocenters. The topological polar surface area (TPSA) is 153 Å². The Kier molecular flexibility index (Phi) is 7.52.